The van der Waals surface area contributed by atoms with E-state index in [1.807, 2.05) is 12.4 Å². The Morgan fingerprint density at radius 2 is 1.89 bits per heavy atom. The number of aryl methyl sites for hydroxylation is 1. The van der Waals surface area contributed by atoms with Crippen LogP contribution in [0.5, 0.6) is 0 Å². The van der Waals surface area contributed by atoms with E-state index in [1.165, 1.54) is 4.88 Å². The summed E-state index contributed by atoms with van der Waals surface area (Å²) in [5.41, 5.74) is 3.72. The molecule has 0 radical (unpaired) electrons. The molecule has 2 aromatic rings. The van der Waals surface area contributed by atoms with E-state index in [-0.39, 0.29) is 0 Å². The van der Waals surface area contributed by atoms with Gasteiger partial charge < -0.3 is 5.32 Å². The first-order valence-corrected chi connectivity index (χ1v) is 7.33. The van der Waals surface area contributed by atoms with Crippen molar-refractivity contribution in [2.24, 2.45) is 0 Å². The van der Waals surface area contributed by atoms with Gasteiger partial charge in [-0.3, -0.25) is 0 Å². The quantitative estimate of drug-likeness (QED) is 0.826. The molecule has 0 atom stereocenters. The number of nitrogens with zero attached hydrogens (tertiary/aromatic N) is 1. The first-order chi connectivity index (χ1) is 8.59. The first-order valence-electron chi connectivity index (χ1n) is 5.31. The van der Waals surface area contributed by atoms with Crippen molar-refractivity contribution in [2.75, 3.05) is 0 Å². The number of thiazole rings is 1. The van der Waals surface area contributed by atoms with Crippen LogP contribution in [0.4, 0.5) is 0 Å². The van der Waals surface area contributed by atoms with Crippen LogP contribution in [-0.4, -0.2) is 4.98 Å². The summed E-state index contributed by atoms with van der Waals surface area (Å²) in [5.74, 6) is 0. The predicted octanol–water partition coefficient (Wildman–Crippen LogP) is 4.70. The maximum Gasteiger partial charge on any atom is 0.0798 e. The predicted molar refractivity (Wildman–Crippen MR) is 78.9 cm³/mol. The molecule has 1 heterocycles. The number of aromatic nitrogens is 1. The lowest BCUT2D eigenvalue weighted by Gasteiger charge is -2.09. The van der Waals surface area contributed by atoms with Gasteiger partial charge in [0.15, 0.2) is 0 Å². The number of halogens is 3. The third-order valence-corrected chi connectivity index (χ3v) is 4.70. The van der Waals surface area contributed by atoms with Crippen molar-refractivity contribution >= 4 is 46.1 Å². The number of hydrogen-bond acceptors (Lipinski definition) is 3. The van der Waals surface area contributed by atoms with E-state index in [0.29, 0.717) is 21.6 Å². The van der Waals surface area contributed by atoms with Crippen LogP contribution in [0.15, 0.2) is 17.6 Å². The molecule has 1 aromatic heterocycles. The highest BCUT2D eigenvalue weighted by Gasteiger charge is 2.09. The number of benzene rings is 1. The van der Waals surface area contributed by atoms with Gasteiger partial charge in [0.2, 0.25) is 0 Å². The normalized spacial score (nSPS) is 10.9. The molecule has 0 saturated carbocycles. The molecule has 2 nitrogen and oxygen atoms in total. The molecule has 0 fully saturated rings. The van der Waals surface area contributed by atoms with E-state index < -0.39 is 0 Å². The summed E-state index contributed by atoms with van der Waals surface area (Å²) < 4.78 is 0. The Morgan fingerprint density at radius 3 is 2.56 bits per heavy atom. The Kier molecular flexibility index (Phi) is 4.87. The van der Waals surface area contributed by atoms with E-state index in [0.717, 1.165) is 17.8 Å². The van der Waals surface area contributed by atoms with Crippen LogP contribution in [0, 0.1) is 6.92 Å². The molecule has 0 bridgehead atoms. The van der Waals surface area contributed by atoms with Crippen molar-refractivity contribution in [3.63, 3.8) is 0 Å². The van der Waals surface area contributed by atoms with Crippen molar-refractivity contribution in [2.45, 2.75) is 20.0 Å². The van der Waals surface area contributed by atoms with Gasteiger partial charge in [-0.15, -0.1) is 11.3 Å². The molecule has 0 aliphatic heterocycles. The second-order valence-electron chi connectivity index (χ2n) is 3.79. The van der Waals surface area contributed by atoms with E-state index in [9.17, 15) is 0 Å². The van der Waals surface area contributed by atoms with E-state index in [1.54, 1.807) is 23.5 Å². The van der Waals surface area contributed by atoms with Crippen molar-refractivity contribution in [3.05, 3.63) is 48.8 Å². The zero-order valence-corrected chi connectivity index (χ0v) is 12.7. The molecular weight excluding hydrogens is 311 g/mol. The van der Waals surface area contributed by atoms with Gasteiger partial charge in [-0.2, -0.15) is 0 Å². The standard InChI is InChI=1S/C12H11Cl3N2S/c1-7-11(18-6-17-7)5-16-4-8-9(13)2-3-10(14)12(8)15/h2-3,6,16H,4-5H2,1H3. The highest BCUT2D eigenvalue weighted by atomic mass is 35.5. The van der Waals surface area contributed by atoms with Gasteiger partial charge >= 0.3 is 0 Å². The molecule has 2 rings (SSSR count). The summed E-state index contributed by atoms with van der Waals surface area (Å²) in [6, 6.07) is 3.45. The van der Waals surface area contributed by atoms with Crippen LogP contribution in [0.25, 0.3) is 0 Å². The maximum atomic E-state index is 6.12. The summed E-state index contributed by atoms with van der Waals surface area (Å²) >= 11 is 19.8. The second-order valence-corrected chi connectivity index (χ2v) is 5.92. The summed E-state index contributed by atoms with van der Waals surface area (Å²) in [5, 5.41) is 4.95. The summed E-state index contributed by atoms with van der Waals surface area (Å²) in [6.45, 7) is 3.32. The molecule has 96 valence electrons. The SMILES string of the molecule is Cc1ncsc1CNCc1c(Cl)ccc(Cl)c1Cl. The van der Waals surface area contributed by atoms with Gasteiger partial charge in [0.1, 0.15) is 0 Å². The molecule has 0 saturated heterocycles. The molecule has 1 N–H and O–H groups in total. The summed E-state index contributed by atoms with van der Waals surface area (Å²) in [7, 11) is 0. The number of rotatable bonds is 4. The summed E-state index contributed by atoms with van der Waals surface area (Å²) in [6.07, 6.45) is 0. The Bertz CT molecular complexity index is 554. The molecular formula is C12H11Cl3N2S. The molecule has 0 aliphatic carbocycles. The van der Waals surface area contributed by atoms with Crippen LogP contribution in [0.1, 0.15) is 16.1 Å². The Morgan fingerprint density at radius 1 is 1.17 bits per heavy atom. The maximum absolute atomic E-state index is 6.12. The Labute approximate surface area is 125 Å². The molecule has 0 aliphatic rings. The van der Waals surface area contributed by atoms with Gasteiger partial charge in [0.25, 0.3) is 0 Å². The molecule has 0 amide bonds. The molecule has 0 spiro atoms. The first kappa shape index (κ1) is 14.1. The van der Waals surface area contributed by atoms with Gasteiger partial charge in [-0.05, 0) is 19.1 Å². The molecule has 18 heavy (non-hydrogen) atoms. The van der Waals surface area contributed by atoms with Crippen LogP contribution in [0.2, 0.25) is 15.1 Å². The van der Waals surface area contributed by atoms with Gasteiger partial charge in [0.05, 0.1) is 21.2 Å². The number of nitrogens with one attached hydrogen (secondary N) is 1. The minimum atomic E-state index is 0.512. The minimum Gasteiger partial charge on any atom is -0.308 e. The smallest absolute Gasteiger partial charge is 0.0798 e. The van der Waals surface area contributed by atoms with Crippen LogP contribution in [-0.2, 0) is 13.1 Å². The van der Waals surface area contributed by atoms with Crippen LogP contribution < -0.4 is 5.32 Å². The third-order valence-electron chi connectivity index (χ3n) is 2.57. The van der Waals surface area contributed by atoms with Crippen LogP contribution in [0.3, 0.4) is 0 Å². The lowest BCUT2D eigenvalue weighted by Crippen LogP contribution is -2.13. The fourth-order valence-electron chi connectivity index (χ4n) is 1.53. The Hall–Kier alpha value is -0.320. The zero-order valence-electron chi connectivity index (χ0n) is 9.64. The molecule has 1 aromatic carbocycles. The highest BCUT2D eigenvalue weighted by molar-refractivity contribution is 7.09. The average Bonchev–Trinajstić information content (AvgIpc) is 2.74. The van der Waals surface area contributed by atoms with E-state index in [4.69, 9.17) is 34.8 Å². The third kappa shape index (κ3) is 3.16. The second kappa shape index (κ2) is 6.22. The zero-order chi connectivity index (χ0) is 13.1. The van der Waals surface area contributed by atoms with Crippen molar-refractivity contribution in [3.8, 4) is 0 Å². The molecule has 6 heteroatoms. The monoisotopic (exact) mass is 320 g/mol. The van der Waals surface area contributed by atoms with Crippen molar-refractivity contribution < 1.29 is 0 Å². The largest absolute Gasteiger partial charge is 0.308 e. The Balaban J connectivity index is 2.03. The highest BCUT2D eigenvalue weighted by Crippen LogP contribution is 2.31. The lowest BCUT2D eigenvalue weighted by molar-refractivity contribution is 0.697. The van der Waals surface area contributed by atoms with Crippen LogP contribution >= 0.6 is 46.1 Å². The summed E-state index contributed by atoms with van der Waals surface area (Å²) in [4.78, 5) is 5.41. The van der Waals surface area contributed by atoms with Gasteiger partial charge in [-0.1, -0.05) is 34.8 Å². The van der Waals surface area contributed by atoms with E-state index >= 15 is 0 Å². The lowest BCUT2D eigenvalue weighted by atomic mass is 10.2. The fourth-order valence-corrected chi connectivity index (χ4v) is 2.96. The number of hydrogen-bond donors (Lipinski definition) is 1. The fraction of sp³-hybridized carbons (Fsp3) is 0.250. The molecule has 0 unspecified atom stereocenters. The van der Waals surface area contributed by atoms with E-state index in [2.05, 4.69) is 10.3 Å². The van der Waals surface area contributed by atoms with Crippen molar-refractivity contribution in [1.82, 2.24) is 10.3 Å². The van der Waals surface area contributed by atoms with Gasteiger partial charge in [0, 0.05) is 28.6 Å². The van der Waals surface area contributed by atoms with Gasteiger partial charge in [-0.25, -0.2) is 4.98 Å². The van der Waals surface area contributed by atoms with Crippen molar-refractivity contribution in [1.29, 1.82) is 0 Å². The topological polar surface area (TPSA) is 24.9 Å². The average molecular weight is 322 g/mol. The minimum absolute atomic E-state index is 0.512.